The second-order valence-corrected chi connectivity index (χ2v) is 6.50. The van der Waals surface area contributed by atoms with Crippen molar-refractivity contribution in [3.63, 3.8) is 0 Å². The van der Waals surface area contributed by atoms with Crippen LogP contribution in [0.5, 0.6) is 5.75 Å². The lowest BCUT2D eigenvalue weighted by atomic mass is 10.2. The molecule has 0 aliphatic heterocycles. The maximum Gasteiger partial charge on any atom is 0.262 e. The van der Waals surface area contributed by atoms with Crippen molar-refractivity contribution in [3.8, 4) is 17.1 Å². The van der Waals surface area contributed by atoms with Gasteiger partial charge in [0.1, 0.15) is 6.33 Å². The SMILES string of the molecule is COc1ccc(S(=O)(=O)Nc2ccc(-c3ncn[nH]3)cc2)cc1F. The van der Waals surface area contributed by atoms with E-state index < -0.39 is 15.8 Å². The van der Waals surface area contributed by atoms with Crippen molar-refractivity contribution < 1.29 is 17.5 Å². The van der Waals surface area contributed by atoms with Gasteiger partial charge >= 0.3 is 0 Å². The van der Waals surface area contributed by atoms with E-state index in [0.717, 1.165) is 11.6 Å². The van der Waals surface area contributed by atoms with Gasteiger partial charge in [0.2, 0.25) is 0 Å². The molecule has 0 saturated heterocycles. The van der Waals surface area contributed by atoms with E-state index >= 15 is 0 Å². The number of hydrogen-bond acceptors (Lipinski definition) is 5. The zero-order valence-electron chi connectivity index (χ0n) is 12.5. The van der Waals surface area contributed by atoms with E-state index in [2.05, 4.69) is 19.9 Å². The Morgan fingerprint density at radius 1 is 1.17 bits per heavy atom. The largest absolute Gasteiger partial charge is 0.494 e. The van der Waals surface area contributed by atoms with E-state index in [1.54, 1.807) is 24.3 Å². The molecule has 0 saturated carbocycles. The number of methoxy groups -OCH3 is 1. The molecule has 0 amide bonds. The van der Waals surface area contributed by atoms with Crippen LogP contribution < -0.4 is 9.46 Å². The molecule has 0 aliphatic rings. The van der Waals surface area contributed by atoms with Crippen LogP contribution in [0.4, 0.5) is 10.1 Å². The van der Waals surface area contributed by atoms with Crippen molar-refractivity contribution in [1.29, 1.82) is 0 Å². The summed E-state index contributed by atoms with van der Waals surface area (Å²) in [5, 5.41) is 6.46. The molecule has 0 fully saturated rings. The maximum absolute atomic E-state index is 13.7. The van der Waals surface area contributed by atoms with Crippen LogP contribution in [0.15, 0.2) is 53.7 Å². The fourth-order valence-electron chi connectivity index (χ4n) is 2.07. The highest BCUT2D eigenvalue weighted by Crippen LogP contribution is 2.23. The summed E-state index contributed by atoms with van der Waals surface area (Å²) in [5.74, 6) is -0.201. The summed E-state index contributed by atoms with van der Waals surface area (Å²) in [5.41, 5.74) is 1.10. The van der Waals surface area contributed by atoms with Gasteiger partial charge in [-0.3, -0.25) is 9.82 Å². The summed E-state index contributed by atoms with van der Waals surface area (Å²) in [6.45, 7) is 0. The van der Waals surface area contributed by atoms with E-state index in [1.807, 2.05) is 0 Å². The van der Waals surface area contributed by atoms with Gasteiger partial charge in [0, 0.05) is 11.3 Å². The molecule has 1 aromatic heterocycles. The Morgan fingerprint density at radius 2 is 1.92 bits per heavy atom. The lowest BCUT2D eigenvalue weighted by Crippen LogP contribution is -2.13. The number of aromatic amines is 1. The fourth-order valence-corrected chi connectivity index (χ4v) is 3.14. The second kappa shape index (κ2) is 6.28. The summed E-state index contributed by atoms with van der Waals surface area (Å²) in [6.07, 6.45) is 1.38. The first-order chi connectivity index (χ1) is 11.5. The van der Waals surface area contributed by atoms with Crippen LogP contribution in [0.2, 0.25) is 0 Å². The lowest BCUT2D eigenvalue weighted by molar-refractivity contribution is 0.385. The van der Waals surface area contributed by atoms with Gasteiger partial charge in [-0.2, -0.15) is 5.10 Å². The Kier molecular flexibility index (Phi) is 4.17. The van der Waals surface area contributed by atoms with Gasteiger partial charge in [-0.15, -0.1) is 0 Å². The van der Waals surface area contributed by atoms with Crippen LogP contribution in [0, 0.1) is 5.82 Å². The number of nitrogens with one attached hydrogen (secondary N) is 2. The molecule has 0 atom stereocenters. The minimum Gasteiger partial charge on any atom is -0.494 e. The van der Waals surface area contributed by atoms with Crippen LogP contribution in [-0.2, 0) is 10.0 Å². The van der Waals surface area contributed by atoms with Crippen molar-refractivity contribution in [2.75, 3.05) is 11.8 Å². The highest BCUT2D eigenvalue weighted by atomic mass is 32.2. The first-order valence-corrected chi connectivity index (χ1v) is 8.30. The van der Waals surface area contributed by atoms with Gasteiger partial charge in [-0.05, 0) is 42.5 Å². The summed E-state index contributed by atoms with van der Waals surface area (Å²) in [4.78, 5) is 3.81. The Labute approximate surface area is 137 Å². The molecular formula is C15H13FN4O3S. The van der Waals surface area contributed by atoms with Gasteiger partial charge in [-0.1, -0.05) is 0 Å². The average molecular weight is 348 g/mol. The molecule has 9 heteroatoms. The predicted molar refractivity (Wildman–Crippen MR) is 85.6 cm³/mol. The molecule has 3 aromatic rings. The summed E-state index contributed by atoms with van der Waals surface area (Å²) >= 11 is 0. The van der Waals surface area contributed by atoms with Gasteiger partial charge < -0.3 is 4.74 Å². The molecule has 24 heavy (non-hydrogen) atoms. The van der Waals surface area contributed by atoms with Crippen LogP contribution in [0.25, 0.3) is 11.4 Å². The number of nitrogens with zero attached hydrogens (tertiary/aromatic N) is 2. The van der Waals surface area contributed by atoms with Gasteiger partial charge in [0.25, 0.3) is 10.0 Å². The third-order valence-corrected chi connectivity index (χ3v) is 4.64. The molecular weight excluding hydrogens is 335 g/mol. The smallest absolute Gasteiger partial charge is 0.262 e. The standard InChI is InChI=1S/C15H13FN4O3S/c1-23-14-7-6-12(8-13(14)16)24(21,22)20-11-4-2-10(3-5-11)15-17-9-18-19-15/h2-9,20H,1H3,(H,17,18,19). The maximum atomic E-state index is 13.7. The first kappa shape index (κ1) is 15.9. The fraction of sp³-hybridized carbons (Fsp3) is 0.0667. The molecule has 7 nitrogen and oxygen atoms in total. The van der Waals surface area contributed by atoms with E-state index in [-0.39, 0.29) is 10.6 Å². The van der Waals surface area contributed by atoms with Crippen molar-refractivity contribution >= 4 is 15.7 Å². The molecule has 1 heterocycles. The molecule has 2 N–H and O–H groups in total. The monoisotopic (exact) mass is 348 g/mol. The molecule has 0 bridgehead atoms. The zero-order valence-corrected chi connectivity index (χ0v) is 13.3. The van der Waals surface area contributed by atoms with Crippen LogP contribution in [0.3, 0.4) is 0 Å². The molecule has 2 aromatic carbocycles. The van der Waals surface area contributed by atoms with E-state index in [9.17, 15) is 12.8 Å². The minimum absolute atomic E-state index is 0.0228. The van der Waals surface area contributed by atoms with Crippen molar-refractivity contribution in [3.05, 3.63) is 54.6 Å². The topological polar surface area (TPSA) is 97.0 Å². The van der Waals surface area contributed by atoms with Crippen molar-refractivity contribution in [1.82, 2.24) is 15.2 Å². The number of sulfonamides is 1. The normalized spacial score (nSPS) is 11.2. The van der Waals surface area contributed by atoms with Crippen LogP contribution in [0.1, 0.15) is 0 Å². The zero-order chi connectivity index (χ0) is 17.2. The number of hydrogen-bond donors (Lipinski definition) is 2. The third kappa shape index (κ3) is 3.20. The molecule has 0 radical (unpaired) electrons. The first-order valence-electron chi connectivity index (χ1n) is 6.82. The Morgan fingerprint density at radius 3 is 2.50 bits per heavy atom. The summed E-state index contributed by atoms with van der Waals surface area (Å²) < 4.78 is 45.5. The number of H-pyrrole nitrogens is 1. The number of ether oxygens (including phenoxy) is 1. The highest BCUT2D eigenvalue weighted by molar-refractivity contribution is 7.92. The van der Waals surface area contributed by atoms with Crippen LogP contribution in [-0.4, -0.2) is 30.7 Å². The number of aromatic nitrogens is 3. The second-order valence-electron chi connectivity index (χ2n) is 4.81. The average Bonchev–Trinajstić information content (AvgIpc) is 3.09. The lowest BCUT2D eigenvalue weighted by Gasteiger charge is -2.09. The Bertz CT molecular complexity index is 941. The molecule has 3 rings (SSSR count). The van der Waals surface area contributed by atoms with E-state index in [0.29, 0.717) is 11.5 Å². The third-order valence-electron chi connectivity index (χ3n) is 3.26. The molecule has 0 unspecified atom stereocenters. The van der Waals surface area contributed by atoms with Gasteiger partial charge in [0.05, 0.1) is 12.0 Å². The number of benzene rings is 2. The quantitative estimate of drug-likeness (QED) is 0.738. The Balaban J connectivity index is 1.83. The number of anilines is 1. The highest BCUT2D eigenvalue weighted by Gasteiger charge is 2.17. The molecule has 0 spiro atoms. The van der Waals surface area contributed by atoms with Gasteiger partial charge in [0.15, 0.2) is 17.4 Å². The number of halogens is 1. The van der Waals surface area contributed by atoms with Crippen LogP contribution >= 0.6 is 0 Å². The summed E-state index contributed by atoms with van der Waals surface area (Å²) in [7, 11) is -2.60. The van der Waals surface area contributed by atoms with Crippen molar-refractivity contribution in [2.45, 2.75) is 4.90 Å². The molecule has 124 valence electrons. The Hall–Kier alpha value is -2.94. The van der Waals surface area contributed by atoms with Crippen molar-refractivity contribution in [2.24, 2.45) is 0 Å². The van der Waals surface area contributed by atoms with Gasteiger partial charge in [-0.25, -0.2) is 17.8 Å². The number of rotatable bonds is 5. The minimum atomic E-state index is -3.91. The summed E-state index contributed by atoms with van der Waals surface area (Å²) in [6, 6.07) is 9.97. The van der Waals surface area contributed by atoms with E-state index in [1.165, 1.54) is 25.6 Å². The van der Waals surface area contributed by atoms with E-state index in [4.69, 9.17) is 4.74 Å². The predicted octanol–water partition coefficient (Wildman–Crippen LogP) is 2.42. The molecule has 0 aliphatic carbocycles.